The fraction of sp³-hybridized carbons (Fsp3) is 0.769. The van der Waals surface area contributed by atoms with Gasteiger partial charge in [-0.3, -0.25) is 9.59 Å². The third kappa shape index (κ3) is 3.37. The van der Waals surface area contributed by atoms with Crippen LogP contribution in [0.2, 0.25) is 0 Å². The number of piperazine rings is 1. The van der Waals surface area contributed by atoms with Crippen LogP contribution in [-0.2, 0) is 23.2 Å². The molecule has 8 nitrogen and oxygen atoms in total. The highest BCUT2D eigenvalue weighted by Gasteiger charge is 2.40. The van der Waals surface area contributed by atoms with E-state index in [0.717, 1.165) is 0 Å². The fourth-order valence-corrected chi connectivity index (χ4v) is 2.59. The van der Waals surface area contributed by atoms with Crippen LogP contribution in [0.15, 0.2) is 0 Å². The van der Waals surface area contributed by atoms with Crippen LogP contribution in [-0.4, -0.2) is 49.0 Å². The monoisotopic (exact) mass is 294 g/mol. The second-order valence-electron chi connectivity index (χ2n) is 5.78. The molecule has 8 heteroatoms. The minimum atomic E-state index is -0.468. The van der Waals surface area contributed by atoms with Gasteiger partial charge in [0.15, 0.2) is 5.82 Å². The highest BCUT2D eigenvalue weighted by atomic mass is 16.2. The number of hydrogen-bond acceptors (Lipinski definition) is 5. The molecule has 2 atom stereocenters. The Morgan fingerprint density at radius 1 is 1.33 bits per heavy atom. The maximum atomic E-state index is 12.6. The molecule has 0 aliphatic carbocycles. The number of rotatable bonds is 5. The molecule has 1 saturated heterocycles. The van der Waals surface area contributed by atoms with Crippen LogP contribution in [0.25, 0.3) is 0 Å². The number of aryl methyl sites for hydroxylation is 1. The van der Waals surface area contributed by atoms with E-state index in [1.54, 1.807) is 11.9 Å². The van der Waals surface area contributed by atoms with Gasteiger partial charge in [-0.2, -0.15) is 4.80 Å². The summed E-state index contributed by atoms with van der Waals surface area (Å²) in [5.74, 6) is 0.602. The number of nitrogens with one attached hydrogen (secondary N) is 1. The first-order valence-electron chi connectivity index (χ1n) is 7.26. The first kappa shape index (κ1) is 15.4. The van der Waals surface area contributed by atoms with Gasteiger partial charge in [0.2, 0.25) is 11.8 Å². The van der Waals surface area contributed by atoms with E-state index in [4.69, 9.17) is 0 Å². The maximum absolute atomic E-state index is 12.6. The second-order valence-corrected chi connectivity index (χ2v) is 5.78. The predicted octanol–water partition coefficient (Wildman–Crippen LogP) is -0.138. The summed E-state index contributed by atoms with van der Waals surface area (Å²) in [7, 11) is 1.67. The Bertz CT molecular complexity index is 526. The number of hydrogen-bond donors (Lipinski definition) is 1. The Morgan fingerprint density at radius 3 is 2.57 bits per heavy atom. The topological polar surface area (TPSA) is 93.0 Å². The quantitative estimate of drug-likeness (QED) is 0.816. The molecule has 2 unspecified atom stereocenters. The number of carbonyl (C=O) groups is 2. The lowest BCUT2D eigenvalue weighted by atomic mass is 9.97. The summed E-state index contributed by atoms with van der Waals surface area (Å²) in [6, 6.07) is -0.929. The predicted molar refractivity (Wildman–Crippen MR) is 74.8 cm³/mol. The first-order valence-corrected chi connectivity index (χ1v) is 7.26. The highest BCUT2D eigenvalue weighted by molar-refractivity contribution is 5.96. The molecule has 0 aromatic carbocycles. The molecule has 116 valence electrons. The van der Waals surface area contributed by atoms with E-state index in [2.05, 4.69) is 20.7 Å². The van der Waals surface area contributed by atoms with Crippen LogP contribution >= 0.6 is 0 Å². The van der Waals surface area contributed by atoms with Gasteiger partial charge >= 0.3 is 0 Å². The Hall–Kier alpha value is -1.99. The van der Waals surface area contributed by atoms with Crippen LogP contribution in [0.3, 0.4) is 0 Å². The fourth-order valence-electron chi connectivity index (χ4n) is 2.59. The van der Waals surface area contributed by atoms with Crippen molar-refractivity contribution < 1.29 is 9.59 Å². The van der Waals surface area contributed by atoms with E-state index >= 15 is 0 Å². The van der Waals surface area contributed by atoms with Crippen molar-refractivity contribution in [3.05, 3.63) is 5.82 Å². The molecule has 1 aliphatic rings. The van der Waals surface area contributed by atoms with Gasteiger partial charge < -0.3 is 10.2 Å². The summed E-state index contributed by atoms with van der Waals surface area (Å²) in [4.78, 5) is 27.7. The maximum Gasteiger partial charge on any atom is 0.246 e. The SMILES string of the molecule is CCC1C(=O)NC(CC(C)C)C(=O)N1Cc1nnn(C)n1. The van der Waals surface area contributed by atoms with Crippen molar-refractivity contribution in [2.75, 3.05) is 0 Å². The van der Waals surface area contributed by atoms with Crippen LogP contribution in [0.5, 0.6) is 0 Å². The van der Waals surface area contributed by atoms with E-state index in [9.17, 15) is 9.59 Å². The van der Waals surface area contributed by atoms with Gasteiger partial charge in [-0.15, -0.1) is 10.2 Å². The number of tetrazole rings is 1. The summed E-state index contributed by atoms with van der Waals surface area (Å²) in [6.07, 6.45) is 1.19. The average molecular weight is 294 g/mol. The minimum Gasteiger partial charge on any atom is -0.342 e. The first-order chi connectivity index (χ1) is 9.92. The highest BCUT2D eigenvalue weighted by Crippen LogP contribution is 2.19. The van der Waals surface area contributed by atoms with Crippen molar-refractivity contribution in [3.63, 3.8) is 0 Å². The largest absolute Gasteiger partial charge is 0.342 e. The summed E-state index contributed by atoms with van der Waals surface area (Å²) >= 11 is 0. The van der Waals surface area contributed by atoms with Crippen molar-refractivity contribution in [1.29, 1.82) is 0 Å². The van der Waals surface area contributed by atoms with Gasteiger partial charge in [-0.05, 0) is 24.0 Å². The number of nitrogens with zero attached hydrogens (tertiary/aromatic N) is 5. The van der Waals surface area contributed by atoms with Crippen molar-refractivity contribution in [2.45, 2.75) is 52.2 Å². The van der Waals surface area contributed by atoms with Crippen molar-refractivity contribution in [3.8, 4) is 0 Å². The van der Waals surface area contributed by atoms with Gasteiger partial charge in [0.1, 0.15) is 12.1 Å². The zero-order chi connectivity index (χ0) is 15.6. The zero-order valence-electron chi connectivity index (χ0n) is 12.9. The van der Waals surface area contributed by atoms with E-state index in [-0.39, 0.29) is 18.4 Å². The molecule has 1 fully saturated rings. The second kappa shape index (κ2) is 6.19. The van der Waals surface area contributed by atoms with Crippen molar-refractivity contribution in [2.24, 2.45) is 13.0 Å². The standard InChI is InChI=1S/C13H22N6O2/c1-5-10-12(20)14-9(6-8(2)3)13(21)19(10)7-11-15-17-18(4)16-11/h8-10H,5-7H2,1-4H3,(H,14,20). The van der Waals surface area contributed by atoms with E-state index in [1.807, 2.05) is 20.8 Å². The van der Waals surface area contributed by atoms with Gasteiger partial charge in [0.05, 0.1) is 13.6 Å². The molecule has 1 aliphatic heterocycles. The molecular weight excluding hydrogens is 272 g/mol. The summed E-state index contributed by atoms with van der Waals surface area (Å²) in [5.41, 5.74) is 0. The molecule has 2 amide bonds. The van der Waals surface area contributed by atoms with Gasteiger partial charge in [0.25, 0.3) is 0 Å². The molecule has 2 heterocycles. The van der Waals surface area contributed by atoms with Crippen molar-refractivity contribution in [1.82, 2.24) is 30.4 Å². The number of amides is 2. The lowest BCUT2D eigenvalue weighted by Gasteiger charge is -2.38. The molecule has 0 radical (unpaired) electrons. The van der Waals surface area contributed by atoms with Gasteiger partial charge in [-0.25, -0.2) is 0 Å². The molecule has 0 bridgehead atoms. The average Bonchev–Trinajstić information content (AvgIpc) is 2.80. The van der Waals surface area contributed by atoms with Gasteiger partial charge in [-0.1, -0.05) is 20.8 Å². The Kier molecular flexibility index (Phi) is 4.54. The molecule has 2 rings (SSSR count). The normalized spacial score (nSPS) is 22.8. The number of carbonyl (C=O) groups excluding carboxylic acids is 2. The van der Waals surface area contributed by atoms with E-state index < -0.39 is 12.1 Å². The van der Waals surface area contributed by atoms with Crippen LogP contribution < -0.4 is 5.32 Å². The molecule has 1 N–H and O–H groups in total. The van der Waals surface area contributed by atoms with E-state index in [1.165, 1.54) is 4.80 Å². The van der Waals surface area contributed by atoms with Crippen LogP contribution in [0.4, 0.5) is 0 Å². The van der Waals surface area contributed by atoms with Crippen molar-refractivity contribution >= 4 is 11.8 Å². The van der Waals surface area contributed by atoms with Gasteiger partial charge in [0, 0.05) is 0 Å². The summed E-state index contributed by atoms with van der Waals surface area (Å²) < 4.78 is 0. The molecule has 0 spiro atoms. The minimum absolute atomic E-state index is 0.0670. The third-order valence-corrected chi connectivity index (χ3v) is 3.53. The third-order valence-electron chi connectivity index (χ3n) is 3.53. The molecular formula is C13H22N6O2. The lowest BCUT2D eigenvalue weighted by Crippen LogP contribution is -2.63. The molecule has 21 heavy (non-hydrogen) atoms. The Morgan fingerprint density at radius 2 is 2.05 bits per heavy atom. The molecule has 1 aromatic heterocycles. The molecule has 1 aromatic rings. The zero-order valence-corrected chi connectivity index (χ0v) is 12.9. The number of aromatic nitrogens is 4. The van der Waals surface area contributed by atoms with Crippen LogP contribution in [0.1, 0.15) is 39.4 Å². The lowest BCUT2D eigenvalue weighted by molar-refractivity contribution is -0.150. The molecule has 0 saturated carbocycles. The summed E-state index contributed by atoms with van der Waals surface area (Å²) in [5, 5.41) is 14.6. The summed E-state index contributed by atoms with van der Waals surface area (Å²) in [6.45, 7) is 6.16. The Labute approximate surface area is 123 Å². The Balaban J connectivity index is 2.19. The smallest absolute Gasteiger partial charge is 0.246 e. The van der Waals surface area contributed by atoms with E-state index in [0.29, 0.717) is 24.6 Å². The van der Waals surface area contributed by atoms with Crippen LogP contribution in [0, 0.1) is 5.92 Å².